The highest BCUT2D eigenvalue weighted by molar-refractivity contribution is 7.28. The highest BCUT2D eigenvalue weighted by atomic mass is 35.5. The zero-order valence-electron chi connectivity index (χ0n) is 10.9. The predicted octanol–water partition coefficient (Wildman–Crippen LogP) is 7.08. The van der Waals surface area contributed by atoms with Crippen LogP contribution >= 0.6 is 34.3 Å². The van der Waals surface area contributed by atoms with Crippen molar-refractivity contribution in [1.82, 2.24) is 0 Å². The van der Waals surface area contributed by atoms with Crippen LogP contribution in [0, 0.1) is 0 Å². The number of fused-ring (bicyclic) bond motifs is 6. The van der Waals surface area contributed by atoms with Gasteiger partial charge in [0.15, 0.2) is 0 Å². The Kier molecular flexibility index (Phi) is 2.40. The molecule has 2 heterocycles. The van der Waals surface area contributed by atoms with Gasteiger partial charge in [0, 0.05) is 40.3 Å². The average molecular weight is 325 g/mol. The fourth-order valence-electron chi connectivity index (χ4n) is 3.03. The number of benzene rings is 3. The zero-order chi connectivity index (χ0) is 14.0. The Morgan fingerprint density at radius 2 is 1.10 bits per heavy atom. The number of halogens is 1. The maximum atomic E-state index is 6.83. The fraction of sp³-hybridized carbons (Fsp3) is 0. The molecule has 0 aliphatic carbocycles. The van der Waals surface area contributed by atoms with Gasteiger partial charge in [-0.2, -0.15) is 0 Å². The Labute approximate surface area is 134 Å². The second-order valence-electron chi connectivity index (χ2n) is 5.13. The minimum atomic E-state index is 0.900. The van der Waals surface area contributed by atoms with Crippen LogP contribution in [-0.4, -0.2) is 0 Å². The summed E-state index contributed by atoms with van der Waals surface area (Å²) >= 11 is 10.5. The van der Waals surface area contributed by atoms with Gasteiger partial charge in [0.05, 0.1) is 5.02 Å². The van der Waals surface area contributed by atoms with E-state index in [1.165, 1.54) is 40.3 Å². The molecule has 0 bridgehead atoms. The summed E-state index contributed by atoms with van der Waals surface area (Å²) in [5, 5.41) is 5.83. The van der Waals surface area contributed by atoms with Gasteiger partial charge in [-0.15, -0.1) is 22.7 Å². The van der Waals surface area contributed by atoms with Crippen LogP contribution in [0.3, 0.4) is 0 Å². The first-order chi connectivity index (χ1) is 10.3. The first-order valence-corrected chi connectivity index (χ1v) is 8.75. The molecule has 0 aliphatic heterocycles. The lowest BCUT2D eigenvalue weighted by Crippen LogP contribution is -1.72. The van der Waals surface area contributed by atoms with Crippen molar-refractivity contribution >= 4 is 74.6 Å². The lowest BCUT2D eigenvalue weighted by atomic mass is 10.1. The third-order valence-corrected chi connectivity index (χ3v) is 6.56. The highest BCUT2D eigenvalue weighted by Gasteiger charge is 2.15. The molecule has 0 spiro atoms. The van der Waals surface area contributed by atoms with Gasteiger partial charge in [0.2, 0.25) is 0 Å². The molecule has 0 unspecified atom stereocenters. The van der Waals surface area contributed by atoms with Gasteiger partial charge in [-0.25, -0.2) is 0 Å². The molecule has 0 radical (unpaired) electrons. The van der Waals surface area contributed by atoms with Crippen LogP contribution in [0.25, 0.3) is 40.3 Å². The van der Waals surface area contributed by atoms with Gasteiger partial charge in [-0.3, -0.25) is 0 Å². The average Bonchev–Trinajstić information content (AvgIpc) is 3.04. The van der Waals surface area contributed by atoms with Crippen LogP contribution in [0.2, 0.25) is 5.02 Å². The topological polar surface area (TPSA) is 0 Å². The van der Waals surface area contributed by atoms with E-state index in [-0.39, 0.29) is 0 Å². The van der Waals surface area contributed by atoms with Gasteiger partial charge in [-0.1, -0.05) is 48.0 Å². The molecule has 0 saturated heterocycles. The van der Waals surface area contributed by atoms with E-state index in [9.17, 15) is 0 Å². The molecule has 0 aliphatic rings. The Balaban J connectivity index is 2.12. The lowest BCUT2D eigenvalue weighted by molar-refractivity contribution is 1.86. The van der Waals surface area contributed by atoms with E-state index in [0.29, 0.717) is 0 Å². The first kappa shape index (κ1) is 12.0. The zero-order valence-corrected chi connectivity index (χ0v) is 13.3. The van der Waals surface area contributed by atoms with Crippen molar-refractivity contribution in [3.05, 3.63) is 59.6 Å². The SMILES string of the molecule is Clc1c2c(cc3sc4ccccc4c13)sc1ccccc12. The molecule has 0 saturated carbocycles. The molecular formula is C18H9ClS2. The largest absolute Gasteiger partial charge is 0.135 e. The molecule has 0 amide bonds. The van der Waals surface area contributed by atoms with E-state index in [1.54, 1.807) is 0 Å². The fourth-order valence-corrected chi connectivity index (χ4v) is 5.93. The minimum absolute atomic E-state index is 0.900. The number of hydrogen-bond donors (Lipinski definition) is 0. The molecule has 3 heteroatoms. The summed E-state index contributed by atoms with van der Waals surface area (Å²) in [5.74, 6) is 0. The molecule has 5 aromatic rings. The van der Waals surface area contributed by atoms with Gasteiger partial charge in [0.1, 0.15) is 0 Å². The van der Waals surface area contributed by atoms with Crippen molar-refractivity contribution in [3.8, 4) is 0 Å². The van der Waals surface area contributed by atoms with Gasteiger partial charge in [0.25, 0.3) is 0 Å². The van der Waals surface area contributed by atoms with E-state index >= 15 is 0 Å². The van der Waals surface area contributed by atoms with Crippen molar-refractivity contribution in [2.45, 2.75) is 0 Å². The van der Waals surface area contributed by atoms with Crippen LogP contribution in [0.5, 0.6) is 0 Å². The molecule has 0 atom stereocenters. The van der Waals surface area contributed by atoms with Crippen molar-refractivity contribution in [2.24, 2.45) is 0 Å². The van der Waals surface area contributed by atoms with Crippen molar-refractivity contribution in [2.75, 3.05) is 0 Å². The van der Waals surface area contributed by atoms with Crippen LogP contribution in [0.15, 0.2) is 54.6 Å². The van der Waals surface area contributed by atoms with E-state index in [1.807, 2.05) is 22.7 Å². The maximum Gasteiger partial charge on any atom is 0.0592 e. The summed E-state index contributed by atoms with van der Waals surface area (Å²) in [6, 6.07) is 19.3. The molecular weight excluding hydrogens is 316 g/mol. The second kappa shape index (κ2) is 4.20. The summed E-state index contributed by atoms with van der Waals surface area (Å²) in [6.07, 6.45) is 0. The quantitative estimate of drug-likeness (QED) is 0.285. The van der Waals surface area contributed by atoms with Crippen LogP contribution < -0.4 is 0 Å². The van der Waals surface area contributed by atoms with Crippen molar-refractivity contribution < 1.29 is 0 Å². The number of rotatable bonds is 0. The van der Waals surface area contributed by atoms with Crippen LogP contribution in [-0.2, 0) is 0 Å². The smallest absolute Gasteiger partial charge is 0.0592 e. The van der Waals surface area contributed by atoms with E-state index in [4.69, 9.17) is 11.6 Å². The first-order valence-electron chi connectivity index (χ1n) is 6.74. The molecule has 5 rings (SSSR count). The van der Waals surface area contributed by atoms with E-state index < -0.39 is 0 Å². The predicted molar refractivity (Wildman–Crippen MR) is 97.2 cm³/mol. The summed E-state index contributed by atoms with van der Waals surface area (Å²) in [6.45, 7) is 0. The Morgan fingerprint density at radius 3 is 1.62 bits per heavy atom. The lowest BCUT2D eigenvalue weighted by Gasteiger charge is -1.99. The van der Waals surface area contributed by atoms with Gasteiger partial charge in [-0.05, 0) is 18.2 Å². The van der Waals surface area contributed by atoms with Crippen LogP contribution in [0.1, 0.15) is 0 Å². The second-order valence-corrected chi connectivity index (χ2v) is 7.68. The number of thiophene rings is 2. The summed E-state index contributed by atoms with van der Waals surface area (Å²) in [7, 11) is 0. The Bertz CT molecular complexity index is 1060. The van der Waals surface area contributed by atoms with Crippen LogP contribution in [0.4, 0.5) is 0 Å². The third kappa shape index (κ3) is 1.55. The highest BCUT2D eigenvalue weighted by Crippen LogP contribution is 2.46. The summed E-state index contributed by atoms with van der Waals surface area (Å²) < 4.78 is 5.16. The van der Waals surface area contributed by atoms with Gasteiger partial charge >= 0.3 is 0 Å². The van der Waals surface area contributed by atoms with E-state index in [0.717, 1.165) is 5.02 Å². The molecule has 0 fully saturated rings. The third-order valence-electron chi connectivity index (χ3n) is 3.95. The molecule has 3 aromatic carbocycles. The molecule has 100 valence electrons. The Hall–Kier alpha value is -1.61. The van der Waals surface area contributed by atoms with Crippen molar-refractivity contribution in [3.63, 3.8) is 0 Å². The van der Waals surface area contributed by atoms with Gasteiger partial charge < -0.3 is 0 Å². The molecule has 2 aromatic heterocycles. The molecule has 0 nitrogen and oxygen atoms in total. The molecule has 0 N–H and O–H groups in total. The standard InChI is InChI=1S/C18H9ClS2/c19-18-16-10-5-1-3-7-12(10)20-14(16)9-15-17(18)11-6-2-4-8-13(11)21-15/h1-9H. The Morgan fingerprint density at radius 1 is 0.619 bits per heavy atom. The molecule has 21 heavy (non-hydrogen) atoms. The summed E-state index contributed by atoms with van der Waals surface area (Å²) in [4.78, 5) is 0. The maximum absolute atomic E-state index is 6.83. The number of hydrogen-bond acceptors (Lipinski definition) is 2. The minimum Gasteiger partial charge on any atom is -0.135 e. The normalized spacial score (nSPS) is 12.0. The summed E-state index contributed by atoms with van der Waals surface area (Å²) in [5.41, 5.74) is 0. The monoisotopic (exact) mass is 324 g/mol. The van der Waals surface area contributed by atoms with Crippen molar-refractivity contribution in [1.29, 1.82) is 0 Å². The van der Waals surface area contributed by atoms with E-state index in [2.05, 4.69) is 54.6 Å².